The highest BCUT2D eigenvalue weighted by Crippen LogP contribution is 2.23. The minimum Gasteiger partial charge on any atom is -0.349 e. The van der Waals surface area contributed by atoms with Gasteiger partial charge in [-0.25, -0.2) is 4.39 Å². The number of aryl methyl sites for hydroxylation is 2. The number of hydrogen-bond donors (Lipinski definition) is 1. The standard InChI is InChI=1S/C18H20FNOS/c1-12-4-9-17(13(2)10-12)22-11-18(21)20-14(3)15-5-7-16(19)8-6-15/h4-10,14H,11H2,1-3H3,(H,20,21). The number of rotatable bonds is 5. The Balaban J connectivity index is 1.88. The van der Waals surface area contributed by atoms with E-state index in [1.807, 2.05) is 26.0 Å². The molecule has 116 valence electrons. The molecule has 2 nitrogen and oxygen atoms in total. The van der Waals surface area contributed by atoms with Gasteiger partial charge in [-0.05, 0) is 50.1 Å². The summed E-state index contributed by atoms with van der Waals surface area (Å²) in [6, 6.07) is 12.3. The first kappa shape index (κ1) is 16.6. The van der Waals surface area contributed by atoms with Gasteiger partial charge in [0, 0.05) is 4.90 Å². The topological polar surface area (TPSA) is 29.1 Å². The molecule has 0 radical (unpaired) electrons. The van der Waals surface area contributed by atoms with Gasteiger partial charge in [-0.15, -0.1) is 11.8 Å². The molecule has 1 N–H and O–H groups in total. The van der Waals surface area contributed by atoms with Crippen LogP contribution in [0.5, 0.6) is 0 Å². The minimum absolute atomic E-state index is 0.0261. The van der Waals surface area contributed by atoms with E-state index in [1.54, 1.807) is 12.1 Å². The van der Waals surface area contributed by atoms with Gasteiger partial charge in [0.05, 0.1) is 11.8 Å². The maximum atomic E-state index is 12.9. The Morgan fingerprint density at radius 1 is 1.18 bits per heavy atom. The molecule has 0 spiro atoms. The zero-order chi connectivity index (χ0) is 16.1. The van der Waals surface area contributed by atoms with E-state index < -0.39 is 0 Å². The van der Waals surface area contributed by atoms with Gasteiger partial charge >= 0.3 is 0 Å². The molecule has 22 heavy (non-hydrogen) atoms. The van der Waals surface area contributed by atoms with Crippen LogP contribution in [0.1, 0.15) is 29.7 Å². The van der Waals surface area contributed by atoms with Crippen molar-refractivity contribution in [1.29, 1.82) is 0 Å². The predicted octanol–water partition coefficient (Wildman–Crippen LogP) is 4.41. The molecule has 0 aromatic heterocycles. The average molecular weight is 317 g/mol. The van der Waals surface area contributed by atoms with Crippen molar-refractivity contribution in [1.82, 2.24) is 5.32 Å². The van der Waals surface area contributed by atoms with Crippen LogP contribution in [-0.4, -0.2) is 11.7 Å². The second-order valence-electron chi connectivity index (χ2n) is 5.40. The highest BCUT2D eigenvalue weighted by molar-refractivity contribution is 8.00. The second kappa shape index (κ2) is 7.45. The molecule has 0 aliphatic carbocycles. The summed E-state index contributed by atoms with van der Waals surface area (Å²) in [5, 5.41) is 2.93. The van der Waals surface area contributed by atoms with E-state index >= 15 is 0 Å². The minimum atomic E-state index is -0.271. The monoisotopic (exact) mass is 317 g/mol. The molecule has 0 bridgehead atoms. The fourth-order valence-corrected chi connectivity index (χ4v) is 3.04. The lowest BCUT2D eigenvalue weighted by Crippen LogP contribution is -2.28. The van der Waals surface area contributed by atoms with E-state index in [9.17, 15) is 9.18 Å². The molecule has 1 unspecified atom stereocenters. The van der Waals surface area contributed by atoms with E-state index in [0.29, 0.717) is 5.75 Å². The maximum Gasteiger partial charge on any atom is 0.230 e. The maximum absolute atomic E-state index is 12.9. The van der Waals surface area contributed by atoms with Gasteiger partial charge in [-0.2, -0.15) is 0 Å². The van der Waals surface area contributed by atoms with E-state index in [4.69, 9.17) is 0 Å². The number of thioether (sulfide) groups is 1. The molecule has 0 saturated heterocycles. The van der Waals surface area contributed by atoms with Crippen LogP contribution in [0.2, 0.25) is 0 Å². The lowest BCUT2D eigenvalue weighted by Gasteiger charge is -2.14. The molecular formula is C18H20FNOS. The van der Waals surface area contributed by atoms with E-state index in [2.05, 4.69) is 18.3 Å². The van der Waals surface area contributed by atoms with Crippen molar-refractivity contribution in [2.45, 2.75) is 31.7 Å². The Bertz CT molecular complexity index is 655. The summed E-state index contributed by atoms with van der Waals surface area (Å²) in [5.74, 6) is 0.0737. The summed E-state index contributed by atoms with van der Waals surface area (Å²) in [6.45, 7) is 6.00. The first-order valence-corrected chi connectivity index (χ1v) is 8.19. The number of halogens is 1. The zero-order valence-corrected chi connectivity index (χ0v) is 13.8. The Morgan fingerprint density at radius 3 is 2.50 bits per heavy atom. The molecule has 2 aromatic carbocycles. The molecule has 0 saturated carbocycles. The van der Waals surface area contributed by atoms with Crippen molar-refractivity contribution in [3.8, 4) is 0 Å². The molecule has 2 aromatic rings. The van der Waals surface area contributed by atoms with Crippen LogP contribution in [0, 0.1) is 19.7 Å². The first-order valence-electron chi connectivity index (χ1n) is 7.20. The highest BCUT2D eigenvalue weighted by atomic mass is 32.2. The van der Waals surface area contributed by atoms with Gasteiger partial charge in [0.2, 0.25) is 5.91 Å². The zero-order valence-electron chi connectivity index (χ0n) is 13.0. The molecule has 0 fully saturated rings. The second-order valence-corrected chi connectivity index (χ2v) is 6.42. The third-order valence-corrected chi connectivity index (χ3v) is 4.61. The normalized spacial score (nSPS) is 12.0. The van der Waals surface area contributed by atoms with Crippen molar-refractivity contribution < 1.29 is 9.18 Å². The Morgan fingerprint density at radius 2 is 1.86 bits per heavy atom. The number of carbonyl (C=O) groups excluding carboxylic acids is 1. The van der Waals surface area contributed by atoms with Crippen molar-refractivity contribution in [2.75, 3.05) is 5.75 Å². The summed E-state index contributed by atoms with van der Waals surface area (Å²) in [6.07, 6.45) is 0. The summed E-state index contributed by atoms with van der Waals surface area (Å²) in [5.41, 5.74) is 3.30. The summed E-state index contributed by atoms with van der Waals surface area (Å²) < 4.78 is 12.9. The fourth-order valence-electron chi connectivity index (χ4n) is 2.22. The first-order chi connectivity index (χ1) is 10.5. The van der Waals surface area contributed by atoms with Crippen LogP contribution in [0.3, 0.4) is 0 Å². The molecule has 4 heteroatoms. The highest BCUT2D eigenvalue weighted by Gasteiger charge is 2.10. The molecule has 0 aliphatic heterocycles. The van der Waals surface area contributed by atoms with Crippen LogP contribution in [0.4, 0.5) is 4.39 Å². The van der Waals surface area contributed by atoms with Crippen LogP contribution >= 0.6 is 11.8 Å². The number of benzene rings is 2. The quantitative estimate of drug-likeness (QED) is 0.828. The number of hydrogen-bond acceptors (Lipinski definition) is 2. The third-order valence-electron chi connectivity index (χ3n) is 3.44. The lowest BCUT2D eigenvalue weighted by atomic mass is 10.1. The van der Waals surface area contributed by atoms with E-state index in [0.717, 1.165) is 10.5 Å². The number of nitrogens with one attached hydrogen (secondary N) is 1. The Kier molecular flexibility index (Phi) is 5.61. The number of carbonyl (C=O) groups is 1. The van der Waals surface area contributed by atoms with Crippen LogP contribution < -0.4 is 5.32 Å². The van der Waals surface area contributed by atoms with Crippen molar-refractivity contribution >= 4 is 17.7 Å². The Hall–Kier alpha value is -1.81. The van der Waals surface area contributed by atoms with E-state index in [1.165, 1.54) is 35.0 Å². The molecule has 2 rings (SSSR count). The summed E-state index contributed by atoms with van der Waals surface area (Å²) in [4.78, 5) is 13.2. The van der Waals surface area contributed by atoms with Gasteiger partial charge in [0.1, 0.15) is 5.82 Å². The number of amides is 1. The molecule has 0 heterocycles. The van der Waals surface area contributed by atoms with Crippen molar-refractivity contribution in [3.05, 3.63) is 65.0 Å². The molecular weight excluding hydrogens is 297 g/mol. The van der Waals surface area contributed by atoms with Crippen LogP contribution in [0.25, 0.3) is 0 Å². The van der Waals surface area contributed by atoms with Crippen LogP contribution in [0.15, 0.2) is 47.4 Å². The summed E-state index contributed by atoms with van der Waals surface area (Å²) in [7, 11) is 0. The smallest absolute Gasteiger partial charge is 0.230 e. The molecule has 1 amide bonds. The van der Waals surface area contributed by atoms with Gasteiger partial charge in [-0.3, -0.25) is 4.79 Å². The van der Waals surface area contributed by atoms with Crippen LogP contribution in [-0.2, 0) is 4.79 Å². The predicted molar refractivity (Wildman–Crippen MR) is 89.6 cm³/mol. The Labute approximate surface area is 135 Å². The van der Waals surface area contributed by atoms with E-state index in [-0.39, 0.29) is 17.8 Å². The third kappa shape index (κ3) is 4.60. The largest absolute Gasteiger partial charge is 0.349 e. The average Bonchev–Trinajstić information content (AvgIpc) is 2.47. The SMILES string of the molecule is Cc1ccc(SCC(=O)NC(C)c2ccc(F)cc2)c(C)c1. The van der Waals surface area contributed by atoms with Gasteiger partial charge in [-0.1, -0.05) is 29.8 Å². The lowest BCUT2D eigenvalue weighted by molar-refractivity contribution is -0.119. The van der Waals surface area contributed by atoms with Gasteiger partial charge < -0.3 is 5.32 Å². The molecule has 1 atom stereocenters. The van der Waals surface area contributed by atoms with Crippen molar-refractivity contribution in [2.24, 2.45) is 0 Å². The van der Waals surface area contributed by atoms with Crippen molar-refractivity contribution in [3.63, 3.8) is 0 Å². The molecule has 0 aliphatic rings. The van der Waals surface area contributed by atoms with Gasteiger partial charge in [0.15, 0.2) is 0 Å². The fraction of sp³-hybridized carbons (Fsp3) is 0.278. The van der Waals surface area contributed by atoms with Gasteiger partial charge in [0.25, 0.3) is 0 Å². The summed E-state index contributed by atoms with van der Waals surface area (Å²) >= 11 is 1.53.